The SMILES string of the molecule is CC(C)CC(=O)NC(C)(C)C(C)N. The molecule has 0 spiro atoms. The summed E-state index contributed by atoms with van der Waals surface area (Å²) in [5, 5.41) is 2.92. The van der Waals surface area contributed by atoms with E-state index in [9.17, 15) is 4.79 Å². The molecule has 0 aromatic heterocycles. The average molecular weight is 186 g/mol. The van der Waals surface area contributed by atoms with E-state index in [4.69, 9.17) is 5.73 Å². The van der Waals surface area contributed by atoms with Gasteiger partial charge in [-0.3, -0.25) is 4.79 Å². The minimum Gasteiger partial charge on any atom is -0.350 e. The van der Waals surface area contributed by atoms with Crippen molar-refractivity contribution in [3.8, 4) is 0 Å². The third kappa shape index (κ3) is 4.88. The molecule has 1 amide bonds. The first-order valence-corrected chi connectivity index (χ1v) is 4.82. The van der Waals surface area contributed by atoms with E-state index in [2.05, 4.69) is 5.32 Å². The highest BCUT2D eigenvalue weighted by Gasteiger charge is 2.24. The summed E-state index contributed by atoms with van der Waals surface area (Å²) in [6, 6.07) is -0.0383. The van der Waals surface area contributed by atoms with Crippen LogP contribution in [-0.4, -0.2) is 17.5 Å². The smallest absolute Gasteiger partial charge is 0.220 e. The second-order valence-electron chi connectivity index (χ2n) is 4.66. The summed E-state index contributed by atoms with van der Waals surface area (Å²) < 4.78 is 0. The van der Waals surface area contributed by atoms with Gasteiger partial charge in [0, 0.05) is 18.0 Å². The molecular formula is C10H22N2O. The van der Waals surface area contributed by atoms with Crippen LogP contribution in [0.15, 0.2) is 0 Å². The largest absolute Gasteiger partial charge is 0.350 e. The summed E-state index contributed by atoms with van der Waals surface area (Å²) in [5.74, 6) is 0.473. The Morgan fingerprint density at radius 2 is 1.85 bits per heavy atom. The quantitative estimate of drug-likeness (QED) is 0.694. The van der Waals surface area contributed by atoms with Gasteiger partial charge in [0.05, 0.1) is 0 Å². The molecule has 0 bridgehead atoms. The van der Waals surface area contributed by atoms with Gasteiger partial charge in [-0.15, -0.1) is 0 Å². The Balaban J connectivity index is 4.05. The summed E-state index contributed by atoms with van der Waals surface area (Å²) in [7, 11) is 0. The second kappa shape index (κ2) is 4.61. The van der Waals surface area contributed by atoms with Gasteiger partial charge in [0.25, 0.3) is 0 Å². The molecule has 0 saturated heterocycles. The number of hydrogen-bond acceptors (Lipinski definition) is 2. The number of carbonyl (C=O) groups is 1. The Hall–Kier alpha value is -0.570. The molecule has 0 aliphatic rings. The molecule has 13 heavy (non-hydrogen) atoms. The van der Waals surface area contributed by atoms with Crippen molar-refractivity contribution in [2.24, 2.45) is 11.7 Å². The number of rotatable bonds is 4. The van der Waals surface area contributed by atoms with Gasteiger partial charge in [-0.1, -0.05) is 13.8 Å². The summed E-state index contributed by atoms with van der Waals surface area (Å²) in [4.78, 5) is 11.4. The van der Waals surface area contributed by atoms with E-state index >= 15 is 0 Å². The predicted molar refractivity (Wildman–Crippen MR) is 55.3 cm³/mol. The molecule has 78 valence electrons. The van der Waals surface area contributed by atoms with Crippen LogP contribution in [0.5, 0.6) is 0 Å². The molecule has 1 unspecified atom stereocenters. The topological polar surface area (TPSA) is 55.1 Å². The van der Waals surface area contributed by atoms with Gasteiger partial charge in [0.2, 0.25) is 5.91 Å². The zero-order valence-electron chi connectivity index (χ0n) is 9.35. The standard InChI is InChI=1S/C10H22N2O/c1-7(2)6-9(13)12-10(4,5)8(3)11/h7-8H,6,11H2,1-5H3,(H,12,13). The van der Waals surface area contributed by atoms with Crippen molar-refractivity contribution in [2.75, 3.05) is 0 Å². The van der Waals surface area contributed by atoms with Crippen molar-refractivity contribution in [3.05, 3.63) is 0 Å². The lowest BCUT2D eigenvalue weighted by Gasteiger charge is -2.30. The van der Waals surface area contributed by atoms with Crippen molar-refractivity contribution < 1.29 is 4.79 Å². The lowest BCUT2D eigenvalue weighted by Crippen LogP contribution is -2.54. The lowest BCUT2D eigenvalue weighted by atomic mass is 9.96. The first-order valence-electron chi connectivity index (χ1n) is 4.82. The van der Waals surface area contributed by atoms with E-state index in [0.29, 0.717) is 12.3 Å². The van der Waals surface area contributed by atoms with Crippen molar-refractivity contribution in [1.29, 1.82) is 0 Å². The molecule has 3 heteroatoms. The molecule has 0 radical (unpaired) electrons. The van der Waals surface area contributed by atoms with E-state index in [0.717, 1.165) is 0 Å². The van der Waals surface area contributed by atoms with Gasteiger partial charge < -0.3 is 11.1 Å². The van der Waals surface area contributed by atoms with Crippen LogP contribution in [0.1, 0.15) is 41.0 Å². The second-order valence-corrected chi connectivity index (χ2v) is 4.66. The molecule has 0 saturated carbocycles. The number of amides is 1. The van der Waals surface area contributed by atoms with E-state index in [-0.39, 0.29) is 17.5 Å². The number of carbonyl (C=O) groups excluding carboxylic acids is 1. The van der Waals surface area contributed by atoms with Crippen LogP contribution in [-0.2, 0) is 4.79 Å². The number of nitrogens with one attached hydrogen (secondary N) is 1. The van der Waals surface area contributed by atoms with E-state index in [1.54, 1.807) is 0 Å². The van der Waals surface area contributed by atoms with Gasteiger partial charge in [-0.25, -0.2) is 0 Å². The predicted octanol–water partition coefficient (Wildman–Crippen LogP) is 1.27. The van der Waals surface area contributed by atoms with Crippen molar-refractivity contribution in [2.45, 2.75) is 52.6 Å². The third-order valence-corrected chi connectivity index (χ3v) is 2.19. The monoisotopic (exact) mass is 186 g/mol. The maximum atomic E-state index is 11.4. The number of hydrogen-bond donors (Lipinski definition) is 2. The van der Waals surface area contributed by atoms with Crippen LogP contribution < -0.4 is 11.1 Å². The zero-order valence-corrected chi connectivity index (χ0v) is 9.35. The Morgan fingerprint density at radius 3 is 2.15 bits per heavy atom. The minimum atomic E-state index is -0.314. The molecule has 0 rings (SSSR count). The highest BCUT2D eigenvalue weighted by atomic mass is 16.1. The molecule has 0 fully saturated rings. The van der Waals surface area contributed by atoms with Crippen molar-refractivity contribution >= 4 is 5.91 Å². The molecule has 0 heterocycles. The maximum absolute atomic E-state index is 11.4. The Labute approximate surface area is 81.1 Å². The van der Waals surface area contributed by atoms with Crippen LogP contribution in [0.2, 0.25) is 0 Å². The van der Waals surface area contributed by atoms with Gasteiger partial charge in [0.15, 0.2) is 0 Å². The van der Waals surface area contributed by atoms with Crippen LogP contribution in [0.25, 0.3) is 0 Å². The van der Waals surface area contributed by atoms with E-state index < -0.39 is 0 Å². The van der Waals surface area contributed by atoms with Crippen LogP contribution in [0.3, 0.4) is 0 Å². The normalized spacial score (nSPS) is 14.4. The van der Waals surface area contributed by atoms with Crippen molar-refractivity contribution in [1.82, 2.24) is 5.32 Å². The molecule has 0 aromatic rings. The fourth-order valence-electron chi connectivity index (χ4n) is 0.895. The molecule has 0 aliphatic heterocycles. The van der Waals surface area contributed by atoms with Gasteiger partial charge >= 0.3 is 0 Å². The molecule has 3 N–H and O–H groups in total. The fraction of sp³-hybridized carbons (Fsp3) is 0.900. The van der Waals surface area contributed by atoms with Crippen LogP contribution in [0, 0.1) is 5.92 Å². The minimum absolute atomic E-state index is 0.0383. The summed E-state index contributed by atoms with van der Waals surface area (Å²) >= 11 is 0. The van der Waals surface area contributed by atoms with Gasteiger partial charge in [-0.05, 0) is 26.7 Å². The van der Waals surface area contributed by atoms with Gasteiger partial charge in [-0.2, -0.15) is 0 Å². The molecular weight excluding hydrogens is 164 g/mol. The molecule has 0 aromatic carbocycles. The van der Waals surface area contributed by atoms with Gasteiger partial charge in [0.1, 0.15) is 0 Å². The Kier molecular flexibility index (Phi) is 4.40. The first kappa shape index (κ1) is 12.4. The average Bonchev–Trinajstić information content (AvgIpc) is 1.82. The van der Waals surface area contributed by atoms with E-state index in [1.165, 1.54) is 0 Å². The lowest BCUT2D eigenvalue weighted by molar-refractivity contribution is -0.123. The molecule has 3 nitrogen and oxygen atoms in total. The molecule has 0 aliphatic carbocycles. The Morgan fingerprint density at radius 1 is 1.38 bits per heavy atom. The highest BCUT2D eigenvalue weighted by molar-refractivity contribution is 5.76. The first-order chi connectivity index (χ1) is 5.75. The number of nitrogens with two attached hydrogens (primary N) is 1. The van der Waals surface area contributed by atoms with Crippen molar-refractivity contribution in [3.63, 3.8) is 0 Å². The summed E-state index contributed by atoms with van der Waals surface area (Å²) in [5.41, 5.74) is 5.42. The maximum Gasteiger partial charge on any atom is 0.220 e. The Bertz CT molecular complexity index is 174. The van der Waals surface area contributed by atoms with Crippen LogP contribution >= 0.6 is 0 Å². The summed E-state index contributed by atoms with van der Waals surface area (Å²) in [6.45, 7) is 9.83. The van der Waals surface area contributed by atoms with E-state index in [1.807, 2.05) is 34.6 Å². The molecule has 1 atom stereocenters. The fourth-order valence-corrected chi connectivity index (χ4v) is 0.895. The van der Waals surface area contributed by atoms with Crippen LogP contribution in [0.4, 0.5) is 0 Å². The third-order valence-electron chi connectivity index (χ3n) is 2.19. The summed E-state index contributed by atoms with van der Waals surface area (Å²) in [6.07, 6.45) is 0.566. The highest BCUT2D eigenvalue weighted by Crippen LogP contribution is 2.08. The zero-order chi connectivity index (χ0) is 10.6.